The molecule has 0 saturated carbocycles. The molecule has 0 radical (unpaired) electrons. The molecule has 1 N–H and O–H groups in total. The first-order chi connectivity index (χ1) is 8.02. The topological polar surface area (TPSA) is 32.7 Å². The van der Waals surface area contributed by atoms with Crippen LogP contribution in [0.2, 0.25) is 5.02 Å². The third kappa shape index (κ3) is 4.85. The van der Waals surface area contributed by atoms with Gasteiger partial charge in [0.2, 0.25) is 0 Å². The van der Waals surface area contributed by atoms with Gasteiger partial charge in [0.05, 0.1) is 11.6 Å². The lowest BCUT2D eigenvalue weighted by Gasteiger charge is -2.15. The van der Waals surface area contributed by atoms with Crippen molar-refractivity contribution in [2.45, 2.75) is 13.2 Å². The number of rotatable bonds is 6. The molecule has 0 aliphatic rings. The van der Waals surface area contributed by atoms with Gasteiger partial charge in [0.15, 0.2) is 0 Å². The smallest absolute Gasteiger partial charge is 0.387 e. The SMILES string of the molecule is CN(CCO)Cc1ccc(OC(F)F)c(Cl)c1. The minimum absolute atomic E-state index is 0.0322. The normalized spacial score (nSPS) is 11.2. The number of benzene rings is 1. The van der Waals surface area contributed by atoms with Crippen LogP contribution in [-0.4, -0.2) is 36.8 Å². The van der Waals surface area contributed by atoms with Crippen molar-refractivity contribution in [3.8, 4) is 5.75 Å². The van der Waals surface area contributed by atoms with E-state index in [1.807, 2.05) is 11.9 Å². The lowest BCUT2D eigenvalue weighted by molar-refractivity contribution is -0.0498. The van der Waals surface area contributed by atoms with E-state index in [2.05, 4.69) is 4.74 Å². The lowest BCUT2D eigenvalue weighted by Crippen LogP contribution is -2.21. The minimum atomic E-state index is -2.88. The van der Waals surface area contributed by atoms with E-state index in [1.165, 1.54) is 6.07 Å². The minimum Gasteiger partial charge on any atom is -0.433 e. The van der Waals surface area contributed by atoms with Gasteiger partial charge in [-0.05, 0) is 24.7 Å². The Hall–Kier alpha value is -0.910. The summed E-state index contributed by atoms with van der Waals surface area (Å²) in [7, 11) is 1.84. The standard InChI is InChI=1S/C11H14ClF2NO2/c1-15(4-5-16)7-8-2-3-10(9(12)6-8)17-11(13)14/h2-3,6,11,16H,4-5,7H2,1H3. The van der Waals surface area contributed by atoms with Crippen molar-refractivity contribution in [1.29, 1.82) is 0 Å². The highest BCUT2D eigenvalue weighted by molar-refractivity contribution is 6.32. The number of hydrogen-bond donors (Lipinski definition) is 1. The van der Waals surface area contributed by atoms with Crippen LogP contribution in [0.5, 0.6) is 5.75 Å². The molecule has 0 saturated heterocycles. The summed E-state index contributed by atoms with van der Waals surface area (Å²) in [6, 6.07) is 4.65. The number of likely N-dealkylation sites (N-methyl/N-ethyl adjacent to an activating group) is 1. The second kappa shape index (κ2) is 6.74. The average molecular weight is 266 g/mol. The van der Waals surface area contributed by atoms with Crippen molar-refractivity contribution in [2.75, 3.05) is 20.2 Å². The maximum absolute atomic E-state index is 12.0. The largest absolute Gasteiger partial charge is 0.433 e. The van der Waals surface area contributed by atoms with Crippen LogP contribution in [0.25, 0.3) is 0 Å². The van der Waals surface area contributed by atoms with Gasteiger partial charge in [0.1, 0.15) is 5.75 Å². The van der Waals surface area contributed by atoms with Crippen molar-refractivity contribution in [2.24, 2.45) is 0 Å². The van der Waals surface area contributed by atoms with Crippen molar-refractivity contribution in [3.05, 3.63) is 28.8 Å². The van der Waals surface area contributed by atoms with Crippen LogP contribution < -0.4 is 4.74 Å². The first kappa shape index (κ1) is 14.2. The Morgan fingerprint density at radius 2 is 2.18 bits per heavy atom. The second-order valence-corrected chi connectivity index (χ2v) is 4.01. The van der Waals surface area contributed by atoms with E-state index in [9.17, 15) is 8.78 Å². The summed E-state index contributed by atoms with van der Waals surface area (Å²) in [4.78, 5) is 1.89. The van der Waals surface area contributed by atoms with Crippen molar-refractivity contribution < 1.29 is 18.6 Å². The number of halogens is 3. The molecule has 1 aromatic rings. The fourth-order valence-corrected chi connectivity index (χ4v) is 1.64. The highest BCUT2D eigenvalue weighted by Gasteiger charge is 2.09. The van der Waals surface area contributed by atoms with E-state index in [0.717, 1.165) is 5.56 Å². The monoisotopic (exact) mass is 265 g/mol. The molecule has 0 amide bonds. The molecule has 0 fully saturated rings. The van der Waals surface area contributed by atoms with Gasteiger partial charge in [-0.1, -0.05) is 17.7 Å². The van der Waals surface area contributed by atoms with Crippen molar-refractivity contribution in [3.63, 3.8) is 0 Å². The number of hydrogen-bond acceptors (Lipinski definition) is 3. The zero-order valence-electron chi connectivity index (χ0n) is 9.37. The molecule has 96 valence electrons. The zero-order chi connectivity index (χ0) is 12.8. The fourth-order valence-electron chi connectivity index (χ4n) is 1.40. The maximum atomic E-state index is 12.0. The Bertz CT molecular complexity index is 363. The molecule has 1 aromatic carbocycles. The molecule has 0 aliphatic heterocycles. The number of nitrogens with zero attached hydrogens (tertiary/aromatic N) is 1. The number of aliphatic hydroxyl groups is 1. The number of ether oxygens (including phenoxy) is 1. The molecule has 0 unspecified atom stereocenters. The van der Waals surface area contributed by atoms with Gasteiger partial charge >= 0.3 is 6.61 Å². The summed E-state index contributed by atoms with van der Waals surface area (Å²) in [6.07, 6.45) is 0. The molecule has 0 bridgehead atoms. The number of alkyl halides is 2. The first-order valence-corrected chi connectivity index (χ1v) is 5.43. The van der Waals surface area contributed by atoms with Crippen LogP contribution in [-0.2, 0) is 6.54 Å². The number of aliphatic hydroxyl groups excluding tert-OH is 1. The van der Waals surface area contributed by atoms with E-state index in [4.69, 9.17) is 16.7 Å². The molecule has 1 rings (SSSR count). The van der Waals surface area contributed by atoms with Gasteiger partial charge in [-0.25, -0.2) is 0 Å². The molecule has 0 aliphatic carbocycles. The lowest BCUT2D eigenvalue weighted by atomic mass is 10.2. The van der Waals surface area contributed by atoms with Crippen molar-refractivity contribution in [1.82, 2.24) is 4.90 Å². The Labute approximate surface area is 104 Å². The third-order valence-electron chi connectivity index (χ3n) is 2.15. The summed E-state index contributed by atoms with van der Waals surface area (Å²) in [5.41, 5.74) is 0.868. The summed E-state index contributed by atoms with van der Waals surface area (Å²) in [6.45, 7) is -1.70. The molecular formula is C11H14ClF2NO2. The molecule has 0 atom stereocenters. The molecule has 6 heteroatoms. The van der Waals surface area contributed by atoms with Gasteiger partial charge in [-0.15, -0.1) is 0 Å². The molecule has 3 nitrogen and oxygen atoms in total. The zero-order valence-corrected chi connectivity index (χ0v) is 10.1. The van der Waals surface area contributed by atoms with E-state index in [0.29, 0.717) is 13.1 Å². The van der Waals surface area contributed by atoms with Crippen LogP contribution in [0.4, 0.5) is 8.78 Å². The maximum Gasteiger partial charge on any atom is 0.387 e. The van der Waals surface area contributed by atoms with Crippen LogP contribution in [0.1, 0.15) is 5.56 Å². The van der Waals surface area contributed by atoms with E-state index < -0.39 is 6.61 Å². The summed E-state index contributed by atoms with van der Waals surface area (Å²) in [5.74, 6) is -0.0322. The average Bonchev–Trinajstić information content (AvgIpc) is 2.22. The van der Waals surface area contributed by atoms with Crippen LogP contribution >= 0.6 is 11.6 Å². The van der Waals surface area contributed by atoms with Gasteiger partial charge in [0.25, 0.3) is 0 Å². The van der Waals surface area contributed by atoms with Gasteiger partial charge in [-0.2, -0.15) is 8.78 Å². The van der Waals surface area contributed by atoms with E-state index >= 15 is 0 Å². The third-order valence-corrected chi connectivity index (χ3v) is 2.44. The Kier molecular flexibility index (Phi) is 5.61. The summed E-state index contributed by atoms with van der Waals surface area (Å²) in [5, 5.41) is 8.89. The van der Waals surface area contributed by atoms with Crippen LogP contribution in [0, 0.1) is 0 Å². The fraction of sp³-hybridized carbons (Fsp3) is 0.455. The molecule has 17 heavy (non-hydrogen) atoms. The summed E-state index contributed by atoms with van der Waals surface area (Å²) >= 11 is 5.81. The Balaban J connectivity index is 2.68. The van der Waals surface area contributed by atoms with E-state index in [1.54, 1.807) is 12.1 Å². The van der Waals surface area contributed by atoms with Crippen LogP contribution in [0.3, 0.4) is 0 Å². The molecule has 0 heterocycles. The predicted molar refractivity (Wildman–Crippen MR) is 61.5 cm³/mol. The first-order valence-electron chi connectivity index (χ1n) is 5.05. The van der Waals surface area contributed by atoms with Crippen molar-refractivity contribution >= 4 is 11.6 Å². The predicted octanol–water partition coefficient (Wildman–Crippen LogP) is 2.37. The Morgan fingerprint density at radius 3 is 2.71 bits per heavy atom. The second-order valence-electron chi connectivity index (χ2n) is 3.60. The van der Waals surface area contributed by atoms with E-state index in [-0.39, 0.29) is 17.4 Å². The highest BCUT2D eigenvalue weighted by atomic mass is 35.5. The highest BCUT2D eigenvalue weighted by Crippen LogP contribution is 2.27. The van der Waals surface area contributed by atoms with Crippen LogP contribution in [0.15, 0.2) is 18.2 Å². The quantitative estimate of drug-likeness (QED) is 0.857. The Morgan fingerprint density at radius 1 is 1.47 bits per heavy atom. The molecule has 0 aromatic heterocycles. The van der Waals surface area contributed by atoms with Gasteiger partial charge in [0, 0.05) is 13.1 Å². The molecule has 0 spiro atoms. The van der Waals surface area contributed by atoms with Gasteiger partial charge < -0.3 is 9.84 Å². The van der Waals surface area contributed by atoms with Gasteiger partial charge in [-0.3, -0.25) is 4.90 Å². The molecular weight excluding hydrogens is 252 g/mol. The summed E-state index contributed by atoms with van der Waals surface area (Å²) < 4.78 is 28.2.